The molecule has 34 heavy (non-hydrogen) atoms. The van der Waals surface area contributed by atoms with Gasteiger partial charge in [0.05, 0.1) is 23.4 Å². The fourth-order valence-electron chi connectivity index (χ4n) is 3.37. The predicted octanol–water partition coefficient (Wildman–Crippen LogP) is 3.91. The monoisotopic (exact) mass is 486 g/mol. The summed E-state index contributed by atoms with van der Waals surface area (Å²) < 4.78 is 10.3. The number of nitro benzene ring substituents is 1. The molecule has 0 aliphatic carbocycles. The van der Waals surface area contributed by atoms with Crippen LogP contribution in [0, 0.1) is 17.0 Å². The van der Waals surface area contributed by atoms with Crippen molar-refractivity contribution in [2.24, 2.45) is 4.99 Å². The van der Waals surface area contributed by atoms with Crippen LogP contribution in [0.25, 0.3) is 0 Å². The number of nitro groups is 1. The van der Waals surface area contributed by atoms with Crippen molar-refractivity contribution in [2.75, 3.05) is 32.7 Å². The fourth-order valence-corrected chi connectivity index (χ4v) is 4.54. The predicted molar refractivity (Wildman–Crippen MR) is 131 cm³/mol. The van der Waals surface area contributed by atoms with E-state index in [0.29, 0.717) is 24.7 Å². The lowest BCUT2D eigenvalue weighted by atomic mass is 10.2. The summed E-state index contributed by atoms with van der Waals surface area (Å²) in [5.41, 5.74) is 1.71. The first-order valence-electron chi connectivity index (χ1n) is 10.6. The number of anilines is 1. The van der Waals surface area contributed by atoms with Gasteiger partial charge in [-0.1, -0.05) is 30.0 Å². The van der Waals surface area contributed by atoms with Gasteiger partial charge >= 0.3 is 0 Å². The first-order valence-corrected chi connectivity index (χ1v) is 11.5. The van der Waals surface area contributed by atoms with Crippen LogP contribution in [-0.4, -0.2) is 59.4 Å². The van der Waals surface area contributed by atoms with Crippen molar-refractivity contribution < 1.29 is 24.0 Å². The van der Waals surface area contributed by atoms with Crippen LogP contribution in [0.2, 0.25) is 0 Å². The van der Waals surface area contributed by atoms with Crippen LogP contribution < -0.4 is 10.1 Å². The van der Waals surface area contributed by atoms with E-state index in [1.54, 1.807) is 12.0 Å². The summed E-state index contributed by atoms with van der Waals surface area (Å²) in [6, 6.07) is 11.5. The van der Waals surface area contributed by atoms with Gasteiger partial charge in [-0.2, -0.15) is 0 Å². The summed E-state index contributed by atoms with van der Waals surface area (Å²) in [5, 5.41) is 13.6. The summed E-state index contributed by atoms with van der Waals surface area (Å²) in [5.74, 6) is -0.388. The van der Waals surface area contributed by atoms with E-state index >= 15 is 0 Å². The van der Waals surface area contributed by atoms with Crippen molar-refractivity contribution in [3.8, 4) is 5.75 Å². The third-order valence-corrected chi connectivity index (χ3v) is 6.30. The maximum Gasteiger partial charge on any atom is 0.271 e. The Balaban J connectivity index is 1.78. The highest BCUT2D eigenvalue weighted by Gasteiger charge is 2.39. The van der Waals surface area contributed by atoms with Gasteiger partial charge in [0, 0.05) is 38.8 Å². The normalized spacial score (nSPS) is 16.7. The average Bonchev–Trinajstić information content (AvgIpc) is 3.09. The second-order valence-corrected chi connectivity index (χ2v) is 8.69. The molecule has 1 N–H and O–H groups in total. The van der Waals surface area contributed by atoms with Crippen LogP contribution in [0.5, 0.6) is 5.75 Å². The number of nitrogens with zero attached hydrogens (tertiary/aromatic N) is 3. The second kappa shape index (κ2) is 11.6. The lowest BCUT2D eigenvalue weighted by Crippen LogP contribution is -2.34. The minimum Gasteiger partial charge on any atom is -0.495 e. The molecule has 1 heterocycles. The first-order chi connectivity index (χ1) is 16.3. The van der Waals surface area contributed by atoms with Crippen molar-refractivity contribution in [3.05, 3.63) is 58.1 Å². The van der Waals surface area contributed by atoms with Crippen LogP contribution >= 0.6 is 11.8 Å². The molecular formula is C23H26N4O6S. The number of rotatable bonds is 10. The molecule has 180 valence electrons. The lowest BCUT2D eigenvalue weighted by molar-refractivity contribution is -0.384. The number of non-ortho nitro benzene ring substituents is 1. The van der Waals surface area contributed by atoms with Gasteiger partial charge < -0.3 is 14.8 Å². The third-order valence-electron chi connectivity index (χ3n) is 5.12. The number of amides is 2. The highest BCUT2D eigenvalue weighted by atomic mass is 32.2. The number of hydrogen-bond acceptors (Lipinski definition) is 8. The number of carbonyl (C=O) groups is 2. The molecule has 0 aromatic heterocycles. The standard InChI is InChI=1S/C23H26N4O6S/c1-15-7-4-5-8-17(15)25-23-26(11-6-12-32-2)22(29)20(34-23)14-21(28)24-18-13-16(27(30)31)9-10-19(18)33-3/h4-5,7-10,13,20H,6,11-12,14H2,1-3H3,(H,24,28). The van der Waals surface area contributed by atoms with E-state index in [4.69, 9.17) is 9.47 Å². The zero-order valence-electron chi connectivity index (χ0n) is 19.1. The van der Waals surface area contributed by atoms with Crippen molar-refractivity contribution in [3.63, 3.8) is 0 Å². The van der Waals surface area contributed by atoms with Gasteiger partial charge in [-0.25, -0.2) is 4.99 Å². The number of carbonyl (C=O) groups excluding carboxylic acids is 2. The van der Waals surface area contributed by atoms with Gasteiger partial charge in [0.25, 0.3) is 5.69 Å². The number of methoxy groups -OCH3 is 2. The van der Waals surface area contributed by atoms with Crippen LogP contribution in [0.4, 0.5) is 17.1 Å². The Bertz CT molecular complexity index is 1110. The van der Waals surface area contributed by atoms with E-state index in [2.05, 4.69) is 10.3 Å². The van der Waals surface area contributed by atoms with Crippen molar-refractivity contribution in [2.45, 2.75) is 25.0 Å². The number of ether oxygens (including phenoxy) is 2. The number of para-hydroxylation sites is 1. The van der Waals surface area contributed by atoms with Crippen molar-refractivity contribution >= 4 is 45.8 Å². The molecule has 0 spiro atoms. The smallest absolute Gasteiger partial charge is 0.271 e. The van der Waals surface area contributed by atoms with E-state index in [9.17, 15) is 19.7 Å². The Kier molecular flexibility index (Phi) is 8.61. The third kappa shape index (κ3) is 6.12. The number of aryl methyl sites for hydroxylation is 1. The summed E-state index contributed by atoms with van der Waals surface area (Å²) in [7, 11) is 3.00. The molecular weight excluding hydrogens is 460 g/mol. The minimum atomic E-state index is -0.671. The molecule has 1 atom stereocenters. The molecule has 1 saturated heterocycles. The maximum atomic E-state index is 13.1. The van der Waals surface area contributed by atoms with E-state index < -0.39 is 16.1 Å². The summed E-state index contributed by atoms with van der Waals surface area (Å²) in [6.45, 7) is 2.85. The van der Waals surface area contributed by atoms with E-state index in [1.165, 1.54) is 37.1 Å². The van der Waals surface area contributed by atoms with E-state index in [-0.39, 0.29) is 29.5 Å². The maximum absolute atomic E-state index is 13.1. The molecule has 10 nitrogen and oxygen atoms in total. The summed E-state index contributed by atoms with van der Waals surface area (Å²) in [4.78, 5) is 42.7. The zero-order valence-corrected chi connectivity index (χ0v) is 20.0. The highest BCUT2D eigenvalue weighted by molar-refractivity contribution is 8.15. The second-order valence-electron chi connectivity index (χ2n) is 7.52. The van der Waals surface area contributed by atoms with Gasteiger partial charge in [0.15, 0.2) is 5.17 Å². The topological polar surface area (TPSA) is 123 Å². The summed E-state index contributed by atoms with van der Waals surface area (Å²) >= 11 is 1.23. The van der Waals surface area contributed by atoms with Gasteiger partial charge in [-0.3, -0.25) is 24.6 Å². The number of hydrogen-bond donors (Lipinski definition) is 1. The van der Waals surface area contributed by atoms with Crippen LogP contribution in [0.15, 0.2) is 47.5 Å². The number of aliphatic imine (C=N–C) groups is 1. The molecule has 0 bridgehead atoms. The van der Waals surface area contributed by atoms with Gasteiger partial charge in [-0.15, -0.1) is 0 Å². The molecule has 1 unspecified atom stereocenters. The van der Waals surface area contributed by atoms with Crippen LogP contribution in [0.1, 0.15) is 18.4 Å². The van der Waals surface area contributed by atoms with Crippen molar-refractivity contribution in [1.29, 1.82) is 0 Å². The molecule has 1 fully saturated rings. The molecule has 1 aliphatic heterocycles. The number of amidine groups is 1. The molecule has 0 saturated carbocycles. The Morgan fingerprint density at radius 3 is 2.71 bits per heavy atom. The Hall–Kier alpha value is -3.44. The van der Waals surface area contributed by atoms with Gasteiger partial charge in [-0.05, 0) is 31.0 Å². The highest BCUT2D eigenvalue weighted by Crippen LogP contribution is 2.34. The molecule has 3 rings (SSSR count). The molecule has 11 heteroatoms. The Labute approximate surface area is 201 Å². The number of benzene rings is 2. The quantitative estimate of drug-likeness (QED) is 0.307. The molecule has 1 aliphatic rings. The fraction of sp³-hybridized carbons (Fsp3) is 0.348. The SMILES string of the molecule is COCCCN1C(=O)C(CC(=O)Nc2cc([N+](=O)[O-])ccc2OC)SC1=Nc1ccccc1C. The van der Waals surface area contributed by atoms with Gasteiger partial charge in [0.2, 0.25) is 11.8 Å². The average molecular weight is 487 g/mol. The van der Waals surface area contributed by atoms with Gasteiger partial charge in [0.1, 0.15) is 11.0 Å². The summed E-state index contributed by atoms with van der Waals surface area (Å²) in [6.07, 6.45) is 0.502. The lowest BCUT2D eigenvalue weighted by Gasteiger charge is -2.16. The van der Waals surface area contributed by atoms with E-state index in [0.717, 1.165) is 11.3 Å². The molecule has 2 aromatic carbocycles. The number of thioether (sulfide) groups is 1. The Morgan fingerprint density at radius 2 is 2.03 bits per heavy atom. The molecule has 2 aromatic rings. The van der Waals surface area contributed by atoms with Crippen LogP contribution in [0.3, 0.4) is 0 Å². The van der Waals surface area contributed by atoms with Crippen molar-refractivity contribution in [1.82, 2.24) is 4.90 Å². The van der Waals surface area contributed by atoms with E-state index in [1.807, 2.05) is 31.2 Å². The molecule has 2 amide bonds. The first kappa shape index (κ1) is 25.2. The number of nitrogens with one attached hydrogen (secondary N) is 1. The Morgan fingerprint density at radius 1 is 1.26 bits per heavy atom. The molecule has 0 radical (unpaired) electrons. The minimum absolute atomic E-state index is 0.122. The van der Waals surface area contributed by atoms with Crippen LogP contribution in [-0.2, 0) is 14.3 Å². The zero-order chi connectivity index (χ0) is 24.7. The largest absolute Gasteiger partial charge is 0.495 e.